The number of halogens is 1. The van der Waals surface area contributed by atoms with Crippen LogP contribution < -0.4 is 0 Å². The number of hydrogen-bond donors (Lipinski definition) is 0. The normalized spacial score (nSPS) is 10.1. The van der Waals surface area contributed by atoms with Crippen LogP contribution in [-0.4, -0.2) is 4.98 Å². The van der Waals surface area contributed by atoms with E-state index in [4.69, 9.17) is 11.6 Å². The van der Waals surface area contributed by atoms with E-state index < -0.39 is 0 Å². The van der Waals surface area contributed by atoms with Crippen LogP contribution in [0.4, 0.5) is 0 Å². The van der Waals surface area contributed by atoms with Crippen molar-refractivity contribution in [1.82, 2.24) is 4.98 Å². The molecular formula is C11H8ClNS. The molecule has 0 spiro atoms. The van der Waals surface area contributed by atoms with Crippen LogP contribution in [0, 0.1) is 0 Å². The summed E-state index contributed by atoms with van der Waals surface area (Å²) < 4.78 is 0. The number of pyridine rings is 1. The first-order chi connectivity index (χ1) is 6.84. The van der Waals surface area contributed by atoms with Gasteiger partial charge in [0.15, 0.2) is 0 Å². The van der Waals surface area contributed by atoms with Crippen molar-refractivity contribution in [3.8, 4) is 0 Å². The minimum absolute atomic E-state index is 0.768. The van der Waals surface area contributed by atoms with E-state index in [9.17, 15) is 0 Å². The van der Waals surface area contributed by atoms with Crippen molar-refractivity contribution in [3.63, 3.8) is 0 Å². The van der Waals surface area contributed by atoms with Crippen LogP contribution in [0.1, 0.15) is 0 Å². The Balaban J connectivity index is 2.16. The quantitative estimate of drug-likeness (QED) is 0.763. The average molecular weight is 222 g/mol. The van der Waals surface area contributed by atoms with E-state index in [1.165, 1.54) is 9.79 Å². The summed E-state index contributed by atoms with van der Waals surface area (Å²) in [7, 11) is 0. The summed E-state index contributed by atoms with van der Waals surface area (Å²) in [6.07, 6.45) is 3.58. The van der Waals surface area contributed by atoms with E-state index in [0.29, 0.717) is 0 Å². The lowest BCUT2D eigenvalue weighted by molar-refractivity contribution is 1.26. The first-order valence-corrected chi connectivity index (χ1v) is 5.37. The van der Waals surface area contributed by atoms with Crippen molar-refractivity contribution in [2.45, 2.75) is 9.79 Å². The number of aromatic nitrogens is 1. The predicted octanol–water partition coefficient (Wildman–Crippen LogP) is 3.89. The number of rotatable bonds is 2. The van der Waals surface area contributed by atoms with Crippen LogP contribution >= 0.6 is 23.4 Å². The van der Waals surface area contributed by atoms with Gasteiger partial charge in [-0.15, -0.1) is 0 Å². The second kappa shape index (κ2) is 4.49. The van der Waals surface area contributed by atoms with E-state index in [-0.39, 0.29) is 0 Å². The van der Waals surface area contributed by atoms with Gasteiger partial charge in [-0.1, -0.05) is 23.4 Å². The monoisotopic (exact) mass is 221 g/mol. The Morgan fingerprint density at radius 3 is 2.07 bits per heavy atom. The Bertz CT molecular complexity index is 399. The first-order valence-electron chi connectivity index (χ1n) is 4.18. The van der Waals surface area contributed by atoms with Gasteiger partial charge in [-0.05, 0) is 36.4 Å². The van der Waals surface area contributed by atoms with Crippen LogP contribution in [0.2, 0.25) is 5.02 Å². The minimum atomic E-state index is 0.768. The van der Waals surface area contributed by atoms with Crippen LogP contribution in [-0.2, 0) is 0 Å². The third-order valence-electron chi connectivity index (χ3n) is 1.70. The fraction of sp³-hybridized carbons (Fsp3) is 0. The molecule has 1 heterocycles. The van der Waals surface area contributed by atoms with Crippen molar-refractivity contribution in [3.05, 3.63) is 53.8 Å². The highest BCUT2D eigenvalue weighted by atomic mass is 35.5. The van der Waals surface area contributed by atoms with Crippen LogP contribution in [0.5, 0.6) is 0 Å². The first kappa shape index (κ1) is 9.56. The topological polar surface area (TPSA) is 12.9 Å². The largest absolute Gasteiger partial charge is 0.265 e. The molecule has 3 heteroatoms. The van der Waals surface area contributed by atoms with Crippen molar-refractivity contribution in [1.29, 1.82) is 0 Å². The highest BCUT2D eigenvalue weighted by Crippen LogP contribution is 2.27. The average Bonchev–Trinajstić information content (AvgIpc) is 2.23. The molecule has 0 bridgehead atoms. The highest BCUT2D eigenvalue weighted by Gasteiger charge is 1.95. The SMILES string of the molecule is Clc1ccc(Sc2ccncc2)cc1. The predicted molar refractivity (Wildman–Crippen MR) is 59.8 cm³/mol. The molecule has 0 unspecified atom stereocenters. The molecule has 14 heavy (non-hydrogen) atoms. The Hall–Kier alpha value is -0.990. The second-order valence-corrected chi connectivity index (χ2v) is 4.32. The molecule has 0 saturated heterocycles. The molecule has 2 rings (SSSR count). The van der Waals surface area contributed by atoms with Gasteiger partial charge < -0.3 is 0 Å². The number of hydrogen-bond acceptors (Lipinski definition) is 2. The summed E-state index contributed by atoms with van der Waals surface area (Å²) in [5, 5.41) is 0.768. The van der Waals surface area contributed by atoms with Gasteiger partial charge >= 0.3 is 0 Å². The van der Waals surface area contributed by atoms with Gasteiger partial charge in [0.2, 0.25) is 0 Å². The molecular weight excluding hydrogens is 214 g/mol. The summed E-state index contributed by atoms with van der Waals surface area (Å²) >= 11 is 7.49. The Morgan fingerprint density at radius 1 is 0.857 bits per heavy atom. The molecule has 0 aliphatic rings. The number of benzene rings is 1. The van der Waals surface area contributed by atoms with E-state index in [1.54, 1.807) is 24.2 Å². The Morgan fingerprint density at radius 2 is 1.43 bits per heavy atom. The van der Waals surface area contributed by atoms with Crippen LogP contribution in [0.25, 0.3) is 0 Å². The summed E-state index contributed by atoms with van der Waals surface area (Å²) in [5.74, 6) is 0. The summed E-state index contributed by atoms with van der Waals surface area (Å²) in [6.45, 7) is 0. The van der Waals surface area contributed by atoms with E-state index in [2.05, 4.69) is 4.98 Å². The van der Waals surface area contributed by atoms with Gasteiger partial charge in [0.05, 0.1) is 0 Å². The minimum Gasteiger partial charge on any atom is -0.265 e. The second-order valence-electron chi connectivity index (χ2n) is 2.74. The third-order valence-corrected chi connectivity index (χ3v) is 2.97. The molecule has 0 atom stereocenters. The highest BCUT2D eigenvalue weighted by molar-refractivity contribution is 7.99. The van der Waals surface area contributed by atoms with Gasteiger partial charge in [-0.2, -0.15) is 0 Å². The molecule has 0 amide bonds. The molecule has 2 aromatic rings. The summed E-state index contributed by atoms with van der Waals surface area (Å²) in [5.41, 5.74) is 0. The molecule has 0 N–H and O–H groups in total. The third kappa shape index (κ3) is 2.50. The van der Waals surface area contributed by atoms with E-state index >= 15 is 0 Å². The van der Waals surface area contributed by atoms with Gasteiger partial charge in [0, 0.05) is 27.2 Å². The molecule has 0 aliphatic carbocycles. The van der Waals surface area contributed by atoms with Crippen LogP contribution in [0.3, 0.4) is 0 Å². The zero-order valence-electron chi connectivity index (χ0n) is 7.35. The van der Waals surface area contributed by atoms with Gasteiger partial charge in [-0.25, -0.2) is 0 Å². The van der Waals surface area contributed by atoms with E-state index in [1.807, 2.05) is 36.4 Å². The summed E-state index contributed by atoms with van der Waals surface area (Å²) in [4.78, 5) is 6.33. The van der Waals surface area contributed by atoms with Crippen molar-refractivity contribution in [2.75, 3.05) is 0 Å². The molecule has 1 nitrogen and oxygen atoms in total. The zero-order chi connectivity index (χ0) is 9.80. The van der Waals surface area contributed by atoms with Crippen molar-refractivity contribution in [2.24, 2.45) is 0 Å². The molecule has 0 saturated carbocycles. The van der Waals surface area contributed by atoms with Crippen molar-refractivity contribution < 1.29 is 0 Å². The Labute approximate surface area is 92.1 Å². The zero-order valence-corrected chi connectivity index (χ0v) is 8.92. The van der Waals surface area contributed by atoms with Gasteiger partial charge in [0.1, 0.15) is 0 Å². The standard InChI is InChI=1S/C11H8ClNS/c12-9-1-3-10(4-2-9)14-11-5-7-13-8-6-11/h1-8H. The van der Waals surface area contributed by atoms with Gasteiger partial charge in [-0.3, -0.25) is 4.98 Å². The maximum atomic E-state index is 5.80. The molecule has 1 aromatic heterocycles. The fourth-order valence-electron chi connectivity index (χ4n) is 1.04. The molecule has 0 radical (unpaired) electrons. The molecule has 0 aliphatic heterocycles. The van der Waals surface area contributed by atoms with Crippen LogP contribution in [0.15, 0.2) is 58.6 Å². The lowest BCUT2D eigenvalue weighted by Gasteiger charge is -2.00. The molecule has 0 fully saturated rings. The smallest absolute Gasteiger partial charge is 0.0406 e. The molecule has 1 aromatic carbocycles. The van der Waals surface area contributed by atoms with E-state index in [0.717, 1.165) is 5.02 Å². The Kier molecular flexibility index (Phi) is 3.07. The lowest BCUT2D eigenvalue weighted by atomic mass is 10.4. The molecule has 70 valence electrons. The summed E-state index contributed by atoms with van der Waals surface area (Å²) in [6, 6.07) is 11.8. The fourth-order valence-corrected chi connectivity index (χ4v) is 1.97. The maximum absolute atomic E-state index is 5.80. The lowest BCUT2D eigenvalue weighted by Crippen LogP contribution is -1.74. The van der Waals surface area contributed by atoms with Gasteiger partial charge in [0.25, 0.3) is 0 Å². The number of nitrogens with zero attached hydrogens (tertiary/aromatic N) is 1. The van der Waals surface area contributed by atoms with Crippen molar-refractivity contribution >= 4 is 23.4 Å². The maximum Gasteiger partial charge on any atom is 0.0406 e.